The fourth-order valence-electron chi connectivity index (χ4n) is 4.70. The molecule has 1 aliphatic heterocycles. The predicted octanol–water partition coefficient (Wildman–Crippen LogP) is 3.49. The van der Waals surface area contributed by atoms with E-state index in [-0.39, 0.29) is 31.0 Å². The Bertz CT molecular complexity index is 1390. The van der Waals surface area contributed by atoms with Crippen LogP contribution >= 0.6 is 11.6 Å². The Hall–Kier alpha value is -3.69. The molecule has 192 valence electrons. The van der Waals surface area contributed by atoms with Crippen molar-refractivity contribution in [2.24, 2.45) is 7.05 Å². The molecule has 0 saturated carbocycles. The van der Waals surface area contributed by atoms with Gasteiger partial charge >= 0.3 is 0 Å². The van der Waals surface area contributed by atoms with Crippen molar-refractivity contribution < 1.29 is 14.3 Å². The van der Waals surface area contributed by atoms with E-state index in [9.17, 15) is 9.59 Å². The quantitative estimate of drug-likeness (QED) is 0.364. The van der Waals surface area contributed by atoms with Crippen molar-refractivity contribution in [3.05, 3.63) is 83.1 Å². The van der Waals surface area contributed by atoms with E-state index < -0.39 is 6.04 Å². The van der Waals surface area contributed by atoms with Gasteiger partial charge in [0.2, 0.25) is 11.8 Å². The zero-order valence-corrected chi connectivity index (χ0v) is 21.3. The first-order chi connectivity index (χ1) is 18.0. The van der Waals surface area contributed by atoms with Gasteiger partial charge in [-0.2, -0.15) is 0 Å². The lowest BCUT2D eigenvalue weighted by atomic mass is 10.1. The molecule has 1 N–H and O–H groups in total. The number of nitrogens with zero attached hydrogens (tertiary/aromatic N) is 5. The van der Waals surface area contributed by atoms with E-state index in [4.69, 9.17) is 16.3 Å². The smallest absolute Gasteiger partial charge is 0.249 e. The highest BCUT2D eigenvalue weighted by molar-refractivity contribution is 6.31. The highest BCUT2D eigenvalue weighted by Gasteiger charge is 2.34. The Morgan fingerprint density at radius 2 is 1.97 bits per heavy atom. The summed E-state index contributed by atoms with van der Waals surface area (Å²) in [7, 11) is 1.86. The van der Waals surface area contributed by atoms with Crippen molar-refractivity contribution in [1.29, 1.82) is 0 Å². The SMILES string of the molecule is Cn1cccc1[C@H](C(=O)NC[C@H]1CCCO1)N(Cc1ccccc1Cl)C(=O)Cn1nnc2ccccc21. The highest BCUT2D eigenvalue weighted by atomic mass is 35.5. The number of rotatable bonds is 9. The van der Waals surface area contributed by atoms with Gasteiger partial charge in [-0.15, -0.1) is 5.10 Å². The van der Waals surface area contributed by atoms with Gasteiger partial charge in [-0.3, -0.25) is 9.59 Å². The molecule has 0 spiro atoms. The molecular formula is C27H29ClN6O3. The van der Waals surface area contributed by atoms with Crippen LogP contribution in [0.25, 0.3) is 11.0 Å². The van der Waals surface area contributed by atoms with E-state index in [0.29, 0.717) is 29.4 Å². The average Bonchev–Trinajstić information content (AvgIpc) is 3.66. The van der Waals surface area contributed by atoms with Crippen molar-refractivity contribution in [3.63, 3.8) is 0 Å². The van der Waals surface area contributed by atoms with Gasteiger partial charge < -0.3 is 19.5 Å². The minimum atomic E-state index is -0.889. The van der Waals surface area contributed by atoms with Crippen LogP contribution in [-0.2, 0) is 34.5 Å². The number of ether oxygens (including phenoxy) is 1. The van der Waals surface area contributed by atoms with Crippen LogP contribution in [0.4, 0.5) is 0 Å². The van der Waals surface area contributed by atoms with Gasteiger partial charge in [-0.05, 0) is 48.7 Å². The Morgan fingerprint density at radius 1 is 1.16 bits per heavy atom. The van der Waals surface area contributed by atoms with E-state index in [0.717, 1.165) is 23.9 Å². The average molecular weight is 521 g/mol. The molecule has 2 amide bonds. The van der Waals surface area contributed by atoms with Gasteiger partial charge in [-0.1, -0.05) is 47.1 Å². The second kappa shape index (κ2) is 11.1. The Labute approximate surface area is 219 Å². The molecule has 3 heterocycles. The monoisotopic (exact) mass is 520 g/mol. The van der Waals surface area contributed by atoms with Gasteiger partial charge in [0.25, 0.3) is 0 Å². The first-order valence-electron chi connectivity index (χ1n) is 12.3. The minimum Gasteiger partial charge on any atom is -0.376 e. The molecular weight excluding hydrogens is 492 g/mol. The maximum absolute atomic E-state index is 14.0. The molecule has 0 unspecified atom stereocenters. The zero-order valence-electron chi connectivity index (χ0n) is 20.6. The molecule has 0 bridgehead atoms. The molecule has 0 radical (unpaired) electrons. The second-order valence-corrected chi connectivity index (χ2v) is 9.58. The first kappa shape index (κ1) is 25.0. The number of hydrogen-bond acceptors (Lipinski definition) is 5. The summed E-state index contributed by atoms with van der Waals surface area (Å²) in [5.74, 6) is -0.560. The standard InChI is InChI=1S/C27H29ClN6O3/c1-32-14-6-13-24(32)26(27(36)29-16-20-9-7-15-37-20)33(17-19-8-2-3-10-21(19)28)25(35)18-34-23-12-5-4-11-22(23)30-31-34/h2-6,8,10-14,20,26H,7,9,15-18H2,1H3,(H,29,36)/t20-,26-/m1/s1. The molecule has 10 heteroatoms. The summed E-state index contributed by atoms with van der Waals surface area (Å²) in [5.41, 5.74) is 2.87. The summed E-state index contributed by atoms with van der Waals surface area (Å²) in [6.45, 7) is 1.16. The van der Waals surface area contributed by atoms with Gasteiger partial charge in [0.15, 0.2) is 6.04 Å². The van der Waals surface area contributed by atoms with Gasteiger partial charge in [-0.25, -0.2) is 4.68 Å². The van der Waals surface area contributed by atoms with Crippen LogP contribution in [0.3, 0.4) is 0 Å². The van der Waals surface area contributed by atoms with Crippen LogP contribution in [0.1, 0.15) is 30.1 Å². The number of benzene rings is 2. The number of hydrogen-bond donors (Lipinski definition) is 1. The number of aryl methyl sites for hydroxylation is 1. The lowest BCUT2D eigenvalue weighted by Crippen LogP contribution is -2.46. The molecule has 4 aromatic rings. The summed E-state index contributed by atoms with van der Waals surface area (Å²) in [6, 6.07) is 17.6. The van der Waals surface area contributed by atoms with Gasteiger partial charge in [0.05, 0.1) is 11.6 Å². The number of carbonyl (C=O) groups excluding carboxylic acids is 2. The molecule has 5 rings (SSSR count). The third kappa shape index (κ3) is 5.52. The number of fused-ring (bicyclic) bond motifs is 1. The fourth-order valence-corrected chi connectivity index (χ4v) is 4.89. The number of aromatic nitrogens is 4. The van der Waals surface area contributed by atoms with E-state index in [1.165, 1.54) is 0 Å². The summed E-state index contributed by atoms with van der Waals surface area (Å²) in [4.78, 5) is 29.3. The second-order valence-electron chi connectivity index (χ2n) is 9.18. The Morgan fingerprint density at radius 3 is 2.73 bits per heavy atom. The fraction of sp³-hybridized carbons (Fsp3) is 0.333. The van der Waals surface area contributed by atoms with Gasteiger partial charge in [0.1, 0.15) is 12.1 Å². The molecule has 2 aromatic heterocycles. The molecule has 2 atom stereocenters. The number of halogens is 1. The number of para-hydroxylation sites is 1. The normalized spacial score (nSPS) is 16.1. The Balaban J connectivity index is 1.50. The number of carbonyl (C=O) groups is 2. The largest absolute Gasteiger partial charge is 0.376 e. The number of nitrogens with one attached hydrogen (secondary N) is 1. The Kier molecular flexibility index (Phi) is 7.52. The summed E-state index contributed by atoms with van der Waals surface area (Å²) in [6.07, 6.45) is 3.72. The first-order valence-corrected chi connectivity index (χ1v) is 12.7. The molecule has 0 aliphatic carbocycles. The van der Waals surface area contributed by atoms with E-state index in [1.807, 2.05) is 72.4 Å². The molecule has 9 nitrogen and oxygen atoms in total. The lowest BCUT2D eigenvalue weighted by Gasteiger charge is -2.32. The van der Waals surface area contributed by atoms with Crippen molar-refractivity contribution in [2.75, 3.05) is 13.2 Å². The van der Waals surface area contributed by atoms with Crippen LogP contribution in [0.5, 0.6) is 0 Å². The lowest BCUT2D eigenvalue weighted by molar-refractivity contribution is -0.142. The molecule has 2 aromatic carbocycles. The summed E-state index contributed by atoms with van der Waals surface area (Å²) >= 11 is 6.49. The maximum Gasteiger partial charge on any atom is 0.249 e. The third-order valence-corrected chi connectivity index (χ3v) is 7.04. The molecule has 37 heavy (non-hydrogen) atoms. The summed E-state index contributed by atoms with van der Waals surface area (Å²) < 4.78 is 9.11. The van der Waals surface area contributed by atoms with Crippen molar-refractivity contribution >= 4 is 34.4 Å². The van der Waals surface area contributed by atoms with Crippen LogP contribution in [-0.4, -0.2) is 55.5 Å². The highest BCUT2D eigenvalue weighted by Crippen LogP contribution is 2.27. The van der Waals surface area contributed by atoms with Crippen LogP contribution in [0, 0.1) is 0 Å². The minimum absolute atomic E-state index is 0.0211. The molecule has 1 saturated heterocycles. The van der Waals surface area contributed by atoms with Crippen LogP contribution in [0.15, 0.2) is 66.9 Å². The van der Waals surface area contributed by atoms with Crippen molar-refractivity contribution in [3.8, 4) is 0 Å². The van der Waals surface area contributed by atoms with E-state index in [1.54, 1.807) is 15.6 Å². The third-order valence-electron chi connectivity index (χ3n) is 6.68. The van der Waals surface area contributed by atoms with Crippen molar-refractivity contribution in [1.82, 2.24) is 29.8 Å². The van der Waals surface area contributed by atoms with Crippen LogP contribution < -0.4 is 5.32 Å². The van der Waals surface area contributed by atoms with Crippen LogP contribution in [0.2, 0.25) is 5.02 Å². The maximum atomic E-state index is 14.0. The van der Waals surface area contributed by atoms with Crippen molar-refractivity contribution in [2.45, 2.75) is 38.1 Å². The predicted molar refractivity (Wildman–Crippen MR) is 140 cm³/mol. The van der Waals surface area contributed by atoms with E-state index in [2.05, 4.69) is 15.6 Å². The number of amides is 2. The summed E-state index contributed by atoms with van der Waals surface area (Å²) in [5, 5.41) is 11.9. The molecule has 1 aliphatic rings. The van der Waals surface area contributed by atoms with E-state index >= 15 is 0 Å². The zero-order chi connectivity index (χ0) is 25.8. The topological polar surface area (TPSA) is 94.3 Å². The molecule has 1 fully saturated rings. The van der Waals surface area contributed by atoms with Gasteiger partial charge in [0, 0.05) is 43.7 Å².